The van der Waals surface area contributed by atoms with Crippen molar-refractivity contribution < 1.29 is 9.47 Å². The molecule has 3 aliphatic rings. The second-order valence-electron chi connectivity index (χ2n) is 7.77. The lowest BCUT2D eigenvalue weighted by atomic mass is 10.0. The number of nitrogens with zero attached hydrogens (tertiary/aromatic N) is 2. The molecule has 2 aliphatic heterocycles. The van der Waals surface area contributed by atoms with Crippen LogP contribution in [0.2, 0.25) is 5.02 Å². The lowest BCUT2D eigenvalue weighted by Gasteiger charge is -2.22. The fourth-order valence-electron chi connectivity index (χ4n) is 3.04. The summed E-state index contributed by atoms with van der Waals surface area (Å²) >= 11 is 6.20. The minimum absolute atomic E-state index is 0.163. The maximum absolute atomic E-state index is 12.3. The van der Waals surface area contributed by atoms with Gasteiger partial charge < -0.3 is 14.8 Å². The number of ether oxygens (including phenoxy) is 2. The second-order valence-corrected chi connectivity index (χ2v) is 8.15. The van der Waals surface area contributed by atoms with Crippen LogP contribution in [-0.4, -0.2) is 42.8 Å². The van der Waals surface area contributed by atoms with Crippen LogP contribution in [0.15, 0.2) is 41.3 Å². The Kier molecular flexibility index (Phi) is 13.0. The monoisotopic (exact) mass is 463 g/mol. The third kappa shape index (κ3) is 9.72. The van der Waals surface area contributed by atoms with Crippen LogP contribution in [0.3, 0.4) is 0 Å². The van der Waals surface area contributed by atoms with E-state index in [0.717, 1.165) is 45.8 Å². The average molecular weight is 464 g/mol. The molecule has 1 aliphatic carbocycles. The summed E-state index contributed by atoms with van der Waals surface area (Å²) in [6, 6.07) is 9.23. The molecule has 32 heavy (non-hydrogen) atoms. The lowest BCUT2D eigenvalue weighted by molar-refractivity contribution is 0.0595. The van der Waals surface area contributed by atoms with Gasteiger partial charge in [-0.05, 0) is 43.7 Å². The van der Waals surface area contributed by atoms with Crippen molar-refractivity contribution in [2.75, 3.05) is 38.3 Å². The molecule has 1 unspecified atom stereocenters. The third-order valence-corrected chi connectivity index (χ3v) is 5.30. The largest absolute Gasteiger partial charge is 0.382 e. The lowest BCUT2D eigenvalue weighted by Crippen LogP contribution is -2.26. The fourth-order valence-corrected chi connectivity index (χ4v) is 3.24. The van der Waals surface area contributed by atoms with Crippen LogP contribution in [0.4, 0.5) is 5.69 Å². The van der Waals surface area contributed by atoms with Crippen LogP contribution >= 0.6 is 11.6 Å². The molecule has 0 radical (unpaired) electrons. The van der Waals surface area contributed by atoms with E-state index in [1.165, 1.54) is 36.8 Å². The summed E-state index contributed by atoms with van der Waals surface area (Å²) in [4.78, 5) is 12.3. The Labute approximate surface area is 197 Å². The number of rotatable bonds is 4. The first kappa shape index (κ1) is 26.4. The van der Waals surface area contributed by atoms with Crippen molar-refractivity contribution in [2.24, 2.45) is 5.92 Å². The van der Waals surface area contributed by atoms with Gasteiger partial charge in [-0.1, -0.05) is 62.9 Å². The molecule has 0 amide bonds. The van der Waals surface area contributed by atoms with E-state index in [9.17, 15) is 4.79 Å². The summed E-state index contributed by atoms with van der Waals surface area (Å²) < 4.78 is 11.7. The van der Waals surface area contributed by atoms with Crippen LogP contribution in [0.25, 0.3) is 5.69 Å². The van der Waals surface area contributed by atoms with Gasteiger partial charge in [0, 0.05) is 26.4 Å². The standard InChI is InChI=1S/C16H18ClN3O2.C4H8O.C3H6.C2H6/c17-15-14(18-9-12-5-4-8-22-11-12)10-19-20(16(15)21)13-6-2-1-3-7-13;1-2-4-5-3-1;1-2-3-1;1-2/h1-3,6-7,10,12,18H,4-5,8-9,11H2;1-4H2;1-3H2;1-2H3. The molecule has 1 N–H and O–H groups in total. The van der Waals surface area contributed by atoms with E-state index in [4.69, 9.17) is 21.1 Å². The van der Waals surface area contributed by atoms with E-state index in [0.29, 0.717) is 17.3 Å². The molecule has 1 atom stereocenters. The molecule has 178 valence electrons. The SMILES string of the molecule is C1CC1.C1CCOC1.CC.O=c1c(Cl)c(NCC2CCCOC2)cnn1-c1ccccc1. The Hall–Kier alpha value is -1.89. The predicted molar refractivity (Wildman–Crippen MR) is 132 cm³/mol. The highest BCUT2D eigenvalue weighted by molar-refractivity contribution is 6.32. The number of benzene rings is 1. The van der Waals surface area contributed by atoms with Crippen molar-refractivity contribution in [1.29, 1.82) is 0 Å². The van der Waals surface area contributed by atoms with E-state index in [2.05, 4.69) is 10.4 Å². The van der Waals surface area contributed by atoms with Crippen molar-refractivity contribution in [1.82, 2.24) is 9.78 Å². The van der Waals surface area contributed by atoms with E-state index in [1.807, 2.05) is 44.2 Å². The Morgan fingerprint density at radius 1 is 1.00 bits per heavy atom. The average Bonchev–Trinajstić information content (AvgIpc) is 3.63. The molecule has 5 rings (SSSR count). The van der Waals surface area contributed by atoms with Crippen LogP contribution in [0.5, 0.6) is 0 Å². The maximum Gasteiger partial charge on any atom is 0.292 e. The normalized spacial score (nSPS) is 18.7. The number of halogens is 1. The van der Waals surface area contributed by atoms with E-state index in [-0.39, 0.29) is 10.6 Å². The third-order valence-electron chi connectivity index (χ3n) is 4.94. The first-order valence-corrected chi connectivity index (χ1v) is 12.4. The molecule has 7 heteroatoms. The Balaban J connectivity index is 0.000000299. The maximum atomic E-state index is 12.3. The summed E-state index contributed by atoms with van der Waals surface area (Å²) in [6.07, 6.45) is 10.9. The molecular formula is C25H38ClN3O3. The highest BCUT2D eigenvalue weighted by atomic mass is 35.5. The van der Waals surface area contributed by atoms with E-state index < -0.39 is 0 Å². The topological polar surface area (TPSA) is 65.4 Å². The van der Waals surface area contributed by atoms with Crippen molar-refractivity contribution in [3.63, 3.8) is 0 Å². The number of para-hydroxylation sites is 1. The number of anilines is 1. The zero-order chi connectivity index (χ0) is 23.0. The minimum atomic E-state index is -0.322. The molecule has 1 aromatic heterocycles. The van der Waals surface area contributed by atoms with Crippen molar-refractivity contribution in [2.45, 2.75) is 58.8 Å². The van der Waals surface area contributed by atoms with Gasteiger partial charge in [-0.15, -0.1) is 0 Å². The van der Waals surface area contributed by atoms with Crippen LogP contribution in [-0.2, 0) is 9.47 Å². The Morgan fingerprint density at radius 3 is 2.19 bits per heavy atom. The van der Waals surface area contributed by atoms with Gasteiger partial charge in [-0.25, -0.2) is 0 Å². The number of hydrogen-bond acceptors (Lipinski definition) is 5. The summed E-state index contributed by atoms with van der Waals surface area (Å²) in [5.74, 6) is 0.446. The second kappa shape index (κ2) is 15.8. The molecule has 0 bridgehead atoms. The van der Waals surface area contributed by atoms with Crippen molar-refractivity contribution >= 4 is 17.3 Å². The number of nitrogens with one attached hydrogen (secondary N) is 1. The molecule has 1 saturated carbocycles. The van der Waals surface area contributed by atoms with Gasteiger partial charge in [0.05, 0.1) is 24.2 Å². The van der Waals surface area contributed by atoms with E-state index in [1.54, 1.807) is 6.20 Å². The van der Waals surface area contributed by atoms with Gasteiger partial charge >= 0.3 is 0 Å². The minimum Gasteiger partial charge on any atom is -0.382 e. The molecule has 6 nitrogen and oxygen atoms in total. The molecule has 1 aromatic carbocycles. The zero-order valence-corrected chi connectivity index (χ0v) is 20.3. The summed E-state index contributed by atoms with van der Waals surface area (Å²) in [5, 5.41) is 7.58. The quantitative estimate of drug-likeness (QED) is 0.628. The Bertz CT molecular complexity index is 791. The smallest absolute Gasteiger partial charge is 0.292 e. The molecule has 2 saturated heterocycles. The van der Waals surface area contributed by atoms with Gasteiger partial charge in [0.25, 0.3) is 5.56 Å². The van der Waals surface area contributed by atoms with Gasteiger partial charge in [0.2, 0.25) is 0 Å². The van der Waals surface area contributed by atoms with Crippen molar-refractivity contribution in [3.05, 3.63) is 51.9 Å². The van der Waals surface area contributed by atoms with E-state index >= 15 is 0 Å². The van der Waals surface area contributed by atoms with Gasteiger partial charge in [0.1, 0.15) is 5.02 Å². The fraction of sp³-hybridized carbons (Fsp3) is 0.600. The molecule has 2 aromatic rings. The summed E-state index contributed by atoms with van der Waals surface area (Å²) in [7, 11) is 0. The highest BCUT2D eigenvalue weighted by Crippen LogP contribution is 2.19. The van der Waals surface area contributed by atoms with Crippen LogP contribution in [0.1, 0.15) is 58.8 Å². The van der Waals surface area contributed by atoms with Crippen molar-refractivity contribution in [3.8, 4) is 5.69 Å². The highest BCUT2D eigenvalue weighted by Gasteiger charge is 2.15. The first-order chi connectivity index (χ1) is 15.8. The molecular weight excluding hydrogens is 426 g/mol. The van der Waals surface area contributed by atoms with Gasteiger partial charge in [-0.3, -0.25) is 4.79 Å². The molecule has 3 fully saturated rings. The van der Waals surface area contributed by atoms with Crippen LogP contribution in [0, 0.1) is 5.92 Å². The number of hydrogen-bond donors (Lipinski definition) is 1. The summed E-state index contributed by atoms with van der Waals surface area (Å²) in [5.41, 5.74) is 0.948. The van der Waals surface area contributed by atoms with Crippen LogP contribution < -0.4 is 10.9 Å². The van der Waals surface area contributed by atoms with Gasteiger partial charge in [-0.2, -0.15) is 9.78 Å². The zero-order valence-electron chi connectivity index (χ0n) is 19.5. The molecule has 0 spiro atoms. The number of aromatic nitrogens is 2. The predicted octanol–water partition coefficient (Wildman–Crippen LogP) is 5.72. The first-order valence-electron chi connectivity index (χ1n) is 12.0. The van der Waals surface area contributed by atoms with Gasteiger partial charge in [0.15, 0.2) is 0 Å². The summed E-state index contributed by atoms with van der Waals surface area (Å²) in [6.45, 7) is 8.32. The Morgan fingerprint density at radius 2 is 1.66 bits per heavy atom. The molecule has 3 heterocycles.